The summed E-state index contributed by atoms with van der Waals surface area (Å²) < 4.78 is 0. The van der Waals surface area contributed by atoms with Crippen LogP contribution in [-0.4, -0.2) is 73.2 Å². The summed E-state index contributed by atoms with van der Waals surface area (Å²) in [6.07, 6.45) is 1.83. The molecule has 0 aliphatic carbocycles. The molecule has 0 aromatic rings. The molecule has 0 aromatic heterocycles. The Labute approximate surface area is 104 Å². The average Bonchev–Trinajstić information content (AvgIpc) is 2.41. The molecule has 1 aliphatic heterocycles. The van der Waals surface area contributed by atoms with Crippen LogP contribution in [0.15, 0.2) is 0 Å². The Hall–Kier alpha value is -0.650. The molecule has 2 atom stereocenters. The minimum atomic E-state index is -0.757. The van der Waals surface area contributed by atoms with Crippen molar-refractivity contribution < 1.29 is 9.90 Å². The number of nitrogens with zero attached hydrogens (tertiary/aromatic N) is 2. The van der Waals surface area contributed by atoms with Crippen molar-refractivity contribution in [3.8, 4) is 0 Å². The average molecular weight is 243 g/mol. The molecule has 1 aliphatic rings. The van der Waals surface area contributed by atoms with Crippen molar-refractivity contribution in [1.82, 2.24) is 15.1 Å². The van der Waals surface area contributed by atoms with E-state index < -0.39 is 12.0 Å². The van der Waals surface area contributed by atoms with Crippen molar-refractivity contribution in [1.29, 1.82) is 0 Å². The standard InChI is InChI=1S/C12H25N3O2/c1-10-9-14(3)6-4-7-15(10)8-5-11(13-2)12(16)17/h10-11,13H,4-9H2,1-3H3,(H,16,17). The molecule has 5 heteroatoms. The van der Waals surface area contributed by atoms with Gasteiger partial charge in [0.25, 0.3) is 0 Å². The quantitative estimate of drug-likeness (QED) is 0.716. The van der Waals surface area contributed by atoms with E-state index in [1.165, 1.54) is 0 Å². The Morgan fingerprint density at radius 1 is 1.53 bits per heavy atom. The zero-order valence-corrected chi connectivity index (χ0v) is 11.1. The highest BCUT2D eigenvalue weighted by molar-refractivity contribution is 5.73. The Morgan fingerprint density at radius 2 is 2.24 bits per heavy atom. The number of carboxylic acids is 1. The van der Waals surface area contributed by atoms with Crippen LogP contribution >= 0.6 is 0 Å². The SMILES string of the molecule is CNC(CCN1CCCN(C)CC1C)C(=O)O. The smallest absolute Gasteiger partial charge is 0.320 e. The van der Waals surface area contributed by atoms with Gasteiger partial charge in [-0.1, -0.05) is 0 Å². The van der Waals surface area contributed by atoms with Crippen LogP contribution in [0.1, 0.15) is 19.8 Å². The molecule has 0 radical (unpaired) electrons. The summed E-state index contributed by atoms with van der Waals surface area (Å²) in [6, 6.07) is 0.0805. The first-order chi connectivity index (χ1) is 8.04. The Kier molecular flexibility index (Phi) is 5.88. The maximum absolute atomic E-state index is 10.9. The van der Waals surface area contributed by atoms with E-state index in [4.69, 9.17) is 5.11 Å². The lowest BCUT2D eigenvalue weighted by Crippen LogP contribution is -2.42. The van der Waals surface area contributed by atoms with Crippen LogP contribution in [0.3, 0.4) is 0 Å². The number of nitrogens with one attached hydrogen (secondary N) is 1. The van der Waals surface area contributed by atoms with Crippen LogP contribution in [0.2, 0.25) is 0 Å². The van der Waals surface area contributed by atoms with Crippen molar-refractivity contribution in [2.75, 3.05) is 40.3 Å². The van der Waals surface area contributed by atoms with E-state index in [-0.39, 0.29) is 0 Å². The highest BCUT2D eigenvalue weighted by atomic mass is 16.4. The molecule has 0 amide bonds. The molecule has 0 aromatic carbocycles. The van der Waals surface area contributed by atoms with Crippen LogP contribution in [0.5, 0.6) is 0 Å². The van der Waals surface area contributed by atoms with E-state index >= 15 is 0 Å². The van der Waals surface area contributed by atoms with Gasteiger partial charge in [0.15, 0.2) is 0 Å². The lowest BCUT2D eigenvalue weighted by molar-refractivity contribution is -0.139. The van der Waals surface area contributed by atoms with Crippen LogP contribution < -0.4 is 5.32 Å². The topological polar surface area (TPSA) is 55.8 Å². The summed E-state index contributed by atoms with van der Waals surface area (Å²) in [4.78, 5) is 15.7. The molecule has 17 heavy (non-hydrogen) atoms. The van der Waals surface area contributed by atoms with E-state index in [2.05, 4.69) is 29.1 Å². The first kappa shape index (κ1) is 14.4. The molecule has 1 rings (SSSR count). The van der Waals surface area contributed by atoms with Crippen molar-refractivity contribution in [3.05, 3.63) is 0 Å². The number of aliphatic carboxylic acids is 1. The third-order valence-corrected chi connectivity index (χ3v) is 3.54. The number of likely N-dealkylation sites (N-methyl/N-ethyl adjacent to an activating group) is 2. The van der Waals surface area contributed by atoms with Gasteiger partial charge in [0, 0.05) is 19.1 Å². The monoisotopic (exact) mass is 243 g/mol. The number of rotatable bonds is 5. The summed E-state index contributed by atoms with van der Waals surface area (Å²) >= 11 is 0. The fourth-order valence-electron chi connectivity index (χ4n) is 2.44. The number of carboxylic acid groups (broad SMARTS) is 1. The van der Waals surface area contributed by atoms with Gasteiger partial charge in [0.2, 0.25) is 0 Å². The van der Waals surface area contributed by atoms with E-state index in [0.29, 0.717) is 12.5 Å². The molecular formula is C12H25N3O2. The number of hydrogen-bond donors (Lipinski definition) is 2. The molecule has 0 spiro atoms. The fourth-order valence-corrected chi connectivity index (χ4v) is 2.44. The molecule has 1 fully saturated rings. The maximum atomic E-state index is 10.9. The van der Waals surface area contributed by atoms with Crippen LogP contribution in [0.4, 0.5) is 0 Å². The molecule has 0 saturated carbocycles. The molecule has 2 unspecified atom stereocenters. The minimum absolute atomic E-state index is 0.428. The zero-order chi connectivity index (χ0) is 12.8. The summed E-state index contributed by atoms with van der Waals surface area (Å²) in [5.41, 5.74) is 0. The van der Waals surface area contributed by atoms with Crippen molar-refractivity contribution in [2.45, 2.75) is 31.8 Å². The highest BCUT2D eigenvalue weighted by Gasteiger charge is 2.22. The predicted molar refractivity (Wildman–Crippen MR) is 68.2 cm³/mol. The Balaban J connectivity index is 2.41. The van der Waals surface area contributed by atoms with Crippen LogP contribution in [0.25, 0.3) is 0 Å². The summed E-state index contributed by atoms with van der Waals surface area (Å²) in [6.45, 7) is 6.35. The lowest BCUT2D eigenvalue weighted by Gasteiger charge is -2.28. The predicted octanol–water partition coefficient (Wildman–Crippen LogP) is 0.0751. The number of hydrogen-bond acceptors (Lipinski definition) is 4. The second kappa shape index (κ2) is 6.93. The van der Waals surface area contributed by atoms with Gasteiger partial charge in [-0.15, -0.1) is 0 Å². The first-order valence-electron chi connectivity index (χ1n) is 6.37. The molecule has 1 saturated heterocycles. The van der Waals surface area contributed by atoms with E-state index in [0.717, 1.165) is 32.6 Å². The van der Waals surface area contributed by atoms with Crippen molar-refractivity contribution in [3.63, 3.8) is 0 Å². The first-order valence-corrected chi connectivity index (χ1v) is 6.37. The summed E-state index contributed by atoms with van der Waals surface area (Å²) in [5.74, 6) is -0.757. The van der Waals surface area contributed by atoms with Gasteiger partial charge < -0.3 is 15.3 Å². The lowest BCUT2D eigenvalue weighted by atomic mass is 10.1. The summed E-state index contributed by atoms with van der Waals surface area (Å²) in [7, 11) is 3.85. The molecular weight excluding hydrogens is 218 g/mol. The van der Waals surface area contributed by atoms with Crippen molar-refractivity contribution in [2.24, 2.45) is 0 Å². The largest absolute Gasteiger partial charge is 0.480 e. The van der Waals surface area contributed by atoms with E-state index in [1.807, 2.05) is 0 Å². The number of carbonyl (C=O) groups is 1. The summed E-state index contributed by atoms with van der Waals surface area (Å²) in [5, 5.41) is 11.8. The Bertz CT molecular complexity index is 248. The van der Waals surface area contributed by atoms with E-state index in [1.54, 1.807) is 7.05 Å². The van der Waals surface area contributed by atoms with Gasteiger partial charge in [-0.2, -0.15) is 0 Å². The van der Waals surface area contributed by atoms with Gasteiger partial charge >= 0.3 is 5.97 Å². The zero-order valence-electron chi connectivity index (χ0n) is 11.1. The Morgan fingerprint density at radius 3 is 2.82 bits per heavy atom. The third-order valence-electron chi connectivity index (χ3n) is 3.54. The second-order valence-electron chi connectivity index (χ2n) is 4.97. The molecule has 1 heterocycles. The van der Waals surface area contributed by atoms with Gasteiger partial charge in [0.1, 0.15) is 6.04 Å². The van der Waals surface area contributed by atoms with E-state index in [9.17, 15) is 4.79 Å². The second-order valence-corrected chi connectivity index (χ2v) is 4.97. The minimum Gasteiger partial charge on any atom is -0.480 e. The van der Waals surface area contributed by atoms with Crippen LogP contribution in [-0.2, 0) is 4.79 Å². The van der Waals surface area contributed by atoms with Gasteiger partial charge in [0.05, 0.1) is 0 Å². The van der Waals surface area contributed by atoms with Crippen molar-refractivity contribution >= 4 is 5.97 Å². The molecule has 5 nitrogen and oxygen atoms in total. The van der Waals surface area contributed by atoms with Crippen LogP contribution in [0, 0.1) is 0 Å². The van der Waals surface area contributed by atoms with Gasteiger partial charge in [-0.05, 0) is 47.0 Å². The molecule has 0 bridgehead atoms. The highest BCUT2D eigenvalue weighted by Crippen LogP contribution is 2.09. The molecule has 100 valence electrons. The fraction of sp³-hybridized carbons (Fsp3) is 0.917. The molecule has 2 N–H and O–H groups in total. The third kappa shape index (κ3) is 4.61. The van der Waals surface area contributed by atoms with Gasteiger partial charge in [-0.3, -0.25) is 9.69 Å². The van der Waals surface area contributed by atoms with Gasteiger partial charge in [-0.25, -0.2) is 0 Å². The normalized spacial score (nSPS) is 25.5. The maximum Gasteiger partial charge on any atom is 0.320 e.